The number of rotatable bonds is 5. The fourth-order valence-corrected chi connectivity index (χ4v) is 1.25. The van der Waals surface area contributed by atoms with E-state index < -0.39 is 5.97 Å². The van der Waals surface area contributed by atoms with Crippen molar-refractivity contribution in [3.63, 3.8) is 0 Å². The van der Waals surface area contributed by atoms with Crippen molar-refractivity contribution in [3.05, 3.63) is 47.0 Å². The molecule has 0 fully saturated rings. The fourth-order valence-electron chi connectivity index (χ4n) is 1.19. The Morgan fingerprint density at radius 1 is 1.22 bits per heavy atom. The third kappa shape index (κ3) is 4.88. The Balaban J connectivity index is 2.41. The molecule has 2 amide bonds. The summed E-state index contributed by atoms with van der Waals surface area (Å²) in [7, 11) is 0. The zero-order valence-electron chi connectivity index (χ0n) is 9.57. The van der Waals surface area contributed by atoms with Crippen LogP contribution in [0.25, 0.3) is 0 Å². The first-order valence-corrected chi connectivity index (χ1v) is 5.54. The Labute approximate surface area is 109 Å². The Kier molecular flexibility index (Phi) is 5.20. The van der Waals surface area contributed by atoms with Gasteiger partial charge in [-0.2, -0.15) is 0 Å². The number of hydrogen-bond donors (Lipinski definition) is 3. The van der Waals surface area contributed by atoms with Crippen LogP contribution in [0.15, 0.2) is 35.9 Å². The second kappa shape index (κ2) is 6.66. The van der Waals surface area contributed by atoms with E-state index in [0.29, 0.717) is 11.6 Å². The second-order valence-electron chi connectivity index (χ2n) is 3.56. The molecular formula is C12H13ClN2O3. The maximum absolute atomic E-state index is 11.3. The standard InChI is InChI=1S/C12H13ClN2O3/c1-8(13)6-14-12(18)15-7-9-2-4-10(5-3-9)11(16)17/h2-5H,1,6-7H2,(H,16,17)(H2,14,15,18). The summed E-state index contributed by atoms with van der Waals surface area (Å²) >= 11 is 5.49. The van der Waals surface area contributed by atoms with Gasteiger partial charge in [0.1, 0.15) is 0 Å². The number of benzene rings is 1. The Bertz CT molecular complexity index is 457. The minimum atomic E-state index is -0.979. The Morgan fingerprint density at radius 2 is 1.83 bits per heavy atom. The highest BCUT2D eigenvalue weighted by atomic mass is 35.5. The molecule has 0 radical (unpaired) electrons. The zero-order valence-corrected chi connectivity index (χ0v) is 10.3. The Hall–Kier alpha value is -2.01. The van der Waals surface area contributed by atoms with Gasteiger partial charge in [0.05, 0.1) is 12.1 Å². The molecule has 3 N–H and O–H groups in total. The van der Waals surface area contributed by atoms with Gasteiger partial charge in [0.2, 0.25) is 0 Å². The van der Waals surface area contributed by atoms with Crippen LogP contribution in [-0.2, 0) is 6.54 Å². The van der Waals surface area contributed by atoms with E-state index in [4.69, 9.17) is 16.7 Å². The van der Waals surface area contributed by atoms with Gasteiger partial charge in [0.25, 0.3) is 0 Å². The average molecular weight is 269 g/mol. The summed E-state index contributed by atoms with van der Waals surface area (Å²) in [6, 6.07) is 5.89. The number of carboxylic acids is 1. The molecule has 0 atom stereocenters. The quantitative estimate of drug-likeness (QED) is 0.764. The third-order valence-electron chi connectivity index (χ3n) is 2.09. The first kappa shape index (κ1) is 14.1. The van der Waals surface area contributed by atoms with Gasteiger partial charge < -0.3 is 15.7 Å². The average Bonchev–Trinajstić information content (AvgIpc) is 2.34. The predicted molar refractivity (Wildman–Crippen MR) is 68.6 cm³/mol. The summed E-state index contributed by atoms with van der Waals surface area (Å²) in [4.78, 5) is 21.9. The number of aromatic carboxylic acids is 1. The number of carbonyl (C=O) groups excluding carboxylic acids is 1. The van der Waals surface area contributed by atoms with Crippen molar-refractivity contribution in [2.24, 2.45) is 0 Å². The maximum Gasteiger partial charge on any atom is 0.335 e. The SMILES string of the molecule is C=C(Cl)CNC(=O)NCc1ccc(C(=O)O)cc1. The van der Waals surface area contributed by atoms with Gasteiger partial charge in [-0.1, -0.05) is 30.3 Å². The van der Waals surface area contributed by atoms with Crippen LogP contribution in [0.2, 0.25) is 0 Å². The highest BCUT2D eigenvalue weighted by molar-refractivity contribution is 6.29. The minimum Gasteiger partial charge on any atom is -0.478 e. The predicted octanol–water partition coefficient (Wildman–Crippen LogP) is 1.94. The molecule has 0 bridgehead atoms. The van der Waals surface area contributed by atoms with E-state index in [1.807, 2.05) is 0 Å². The molecule has 1 aromatic carbocycles. The van der Waals surface area contributed by atoms with Crippen LogP contribution in [-0.4, -0.2) is 23.7 Å². The highest BCUT2D eigenvalue weighted by Gasteiger charge is 2.03. The van der Waals surface area contributed by atoms with E-state index in [9.17, 15) is 9.59 Å². The monoisotopic (exact) mass is 268 g/mol. The number of halogens is 1. The molecular weight excluding hydrogens is 256 g/mol. The van der Waals surface area contributed by atoms with Gasteiger partial charge in [-0.15, -0.1) is 0 Å². The molecule has 5 nitrogen and oxygen atoms in total. The fraction of sp³-hybridized carbons (Fsp3) is 0.167. The Morgan fingerprint density at radius 3 is 2.33 bits per heavy atom. The smallest absolute Gasteiger partial charge is 0.335 e. The van der Waals surface area contributed by atoms with Crippen molar-refractivity contribution >= 4 is 23.6 Å². The van der Waals surface area contributed by atoms with Crippen LogP contribution in [0.1, 0.15) is 15.9 Å². The molecule has 1 rings (SSSR count). The molecule has 0 aliphatic rings. The van der Waals surface area contributed by atoms with Gasteiger partial charge in [-0.3, -0.25) is 0 Å². The minimum absolute atomic E-state index is 0.200. The number of hydrogen-bond acceptors (Lipinski definition) is 2. The topological polar surface area (TPSA) is 78.4 Å². The van der Waals surface area contributed by atoms with Gasteiger partial charge in [0, 0.05) is 11.6 Å². The molecule has 6 heteroatoms. The second-order valence-corrected chi connectivity index (χ2v) is 4.09. The molecule has 0 saturated heterocycles. The lowest BCUT2D eigenvalue weighted by atomic mass is 10.1. The summed E-state index contributed by atoms with van der Waals surface area (Å²) < 4.78 is 0. The molecule has 96 valence electrons. The van der Waals surface area contributed by atoms with Gasteiger partial charge >= 0.3 is 12.0 Å². The van der Waals surface area contributed by atoms with Crippen molar-refractivity contribution in [1.29, 1.82) is 0 Å². The number of carboxylic acid groups (broad SMARTS) is 1. The highest BCUT2D eigenvalue weighted by Crippen LogP contribution is 2.04. The van der Waals surface area contributed by atoms with E-state index in [0.717, 1.165) is 5.56 Å². The molecule has 0 unspecified atom stereocenters. The molecule has 0 heterocycles. The number of nitrogens with one attached hydrogen (secondary N) is 2. The molecule has 18 heavy (non-hydrogen) atoms. The van der Waals surface area contributed by atoms with E-state index in [-0.39, 0.29) is 18.1 Å². The van der Waals surface area contributed by atoms with Gasteiger partial charge in [0.15, 0.2) is 0 Å². The lowest BCUT2D eigenvalue weighted by Gasteiger charge is -2.07. The van der Waals surface area contributed by atoms with Crippen molar-refractivity contribution in [2.75, 3.05) is 6.54 Å². The zero-order chi connectivity index (χ0) is 13.5. The molecule has 0 saturated carbocycles. The summed E-state index contributed by atoms with van der Waals surface area (Å²) in [6.07, 6.45) is 0. The largest absolute Gasteiger partial charge is 0.478 e. The molecule has 0 aliphatic carbocycles. The van der Waals surface area contributed by atoms with Gasteiger partial charge in [-0.05, 0) is 17.7 Å². The van der Waals surface area contributed by atoms with E-state index >= 15 is 0 Å². The van der Waals surface area contributed by atoms with Crippen LogP contribution in [0.4, 0.5) is 4.79 Å². The van der Waals surface area contributed by atoms with Crippen molar-refractivity contribution in [2.45, 2.75) is 6.54 Å². The van der Waals surface area contributed by atoms with E-state index in [2.05, 4.69) is 17.2 Å². The molecule has 0 aliphatic heterocycles. The first-order valence-electron chi connectivity index (χ1n) is 5.16. The van der Waals surface area contributed by atoms with E-state index in [1.165, 1.54) is 12.1 Å². The van der Waals surface area contributed by atoms with E-state index in [1.54, 1.807) is 12.1 Å². The lowest BCUT2D eigenvalue weighted by molar-refractivity contribution is 0.0697. The molecule has 0 aromatic heterocycles. The summed E-state index contributed by atoms with van der Waals surface area (Å²) in [5.41, 5.74) is 1.02. The van der Waals surface area contributed by atoms with Crippen molar-refractivity contribution in [1.82, 2.24) is 10.6 Å². The van der Waals surface area contributed by atoms with Crippen LogP contribution in [0, 0.1) is 0 Å². The van der Waals surface area contributed by atoms with Crippen LogP contribution >= 0.6 is 11.6 Å². The van der Waals surface area contributed by atoms with Crippen LogP contribution in [0.5, 0.6) is 0 Å². The molecule has 1 aromatic rings. The molecule has 0 spiro atoms. The van der Waals surface area contributed by atoms with Crippen LogP contribution < -0.4 is 10.6 Å². The lowest BCUT2D eigenvalue weighted by Crippen LogP contribution is -2.35. The van der Waals surface area contributed by atoms with Crippen LogP contribution in [0.3, 0.4) is 0 Å². The number of carbonyl (C=O) groups is 2. The van der Waals surface area contributed by atoms with Gasteiger partial charge in [-0.25, -0.2) is 9.59 Å². The van der Waals surface area contributed by atoms with Crippen molar-refractivity contribution < 1.29 is 14.7 Å². The summed E-state index contributed by atoms with van der Waals surface area (Å²) in [5, 5.41) is 14.2. The van der Waals surface area contributed by atoms with Crippen molar-refractivity contribution in [3.8, 4) is 0 Å². The maximum atomic E-state index is 11.3. The summed E-state index contributed by atoms with van der Waals surface area (Å²) in [5.74, 6) is -0.979. The first-order chi connectivity index (χ1) is 8.49. The third-order valence-corrected chi connectivity index (χ3v) is 2.23. The number of amides is 2. The normalized spacial score (nSPS) is 9.61. The number of urea groups is 1. The summed E-state index contributed by atoms with van der Waals surface area (Å²) in [6.45, 7) is 3.94.